The molecular weight excluding hydrogens is 499 g/mol. The van der Waals surface area contributed by atoms with Crippen LogP contribution < -0.4 is 10.1 Å². The van der Waals surface area contributed by atoms with Gasteiger partial charge in [-0.1, -0.05) is 25.7 Å². The van der Waals surface area contributed by atoms with Crippen LogP contribution in [0, 0.1) is 11.8 Å². The van der Waals surface area contributed by atoms with Gasteiger partial charge in [0, 0.05) is 25.8 Å². The number of hydrogen-bond acceptors (Lipinski definition) is 6. The summed E-state index contributed by atoms with van der Waals surface area (Å²) in [6.07, 6.45) is 3.92. The van der Waals surface area contributed by atoms with Crippen molar-refractivity contribution >= 4 is 11.7 Å². The lowest BCUT2D eigenvalue weighted by atomic mass is 9.99. The van der Waals surface area contributed by atoms with Crippen LogP contribution in [0.4, 0.5) is 19.0 Å². The molecule has 1 saturated heterocycles. The SMILES string of the molecule is O=C(Nc1cc(-c2cc(OCC3CCOCC3)ccc2C(F)(F)F)ccn1)c1nnc(CC2CCCC2)[nH]1. The Hall–Kier alpha value is -3.47. The number of pyridine rings is 1. The van der Waals surface area contributed by atoms with Crippen LogP contribution in [0.25, 0.3) is 11.1 Å². The van der Waals surface area contributed by atoms with Crippen LogP contribution in [0.2, 0.25) is 0 Å². The van der Waals surface area contributed by atoms with Crippen molar-refractivity contribution in [1.29, 1.82) is 0 Å². The minimum atomic E-state index is -4.57. The van der Waals surface area contributed by atoms with Gasteiger partial charge in [-0.3, -0.25) is 4.79 Å². The first-order valence-corrected chi connectivity index (χ1v) is 13.0. The number of hydrogen-bond donors (Lipinski definition) is 2. The topological polar surface area (TPSA) is 102 Å². The van der Waals surface area contributed by atoms with Crippen molar-refractivity contribution in [3.05, 3.63) is 53.7 Å². The van der Waals surface area contributed by atoms with Crippen molar-refractivity contribution < 1.29 is 27.4 Å². The Labute approximate surface area is 218 Å². The zero-order chi connectivity index (χ0) is 26.5. The summed E-state index contributed by atoms with van der Waals surface area (Å²) in [7, 11) is 0. The highest BCUT2D eigenvalue weighted by Gasteiger charge is 2.34. The molecule has 1 aliphatic carbocycles. The Morgan fingerprint density at radius 2 is 1.84 bits per heavy atom. The second-order valence-electron chi connectivity index (χ2n) is 9.93. The van der Waals surface area contributed by atoms with E-state index in [9.17, 15) is 18.0 Å². The molecule has 38 heavy (non-hydrogen) atoms. The number of carbonyl (C=O) groups is 1. The van der Waals surface area contributed by atoms with E-state index in [0.29, 0.717) is 43.2 Å². The molecule has 0 bridgehead atoms. The number of alkyl halides is 3. The maximum Gasteiger partial charge on any atom is 0.417 e. The van der Waals surface area contributed by atoms with E-state index in [1.807, 2.05) is 0 Å². The van der Waals surface area contributed by atoms with Crippen LogP contribution in [-0.2, 0) is 17.3 Å². The van der Waals surface area contributed by atoms with Gasteiger partial charge in [0.05, 0.1) is 12.2 Å². The fourth-order valence-corrected chi connectivity index (χ4v) is 5.05. The fraction of sp³-hybridized carbons (Fsp3) is 0.481. The molecule has 0 radical (unpaired) electrons. The normalized spacial score (nSPS) is 17.0. The van der Waals surface area contributed by atoms with Crippen LogP contribution in [-0.4, -0.2) is 45.9 Å². The number of aromatic nitrogens is 4. The lowest BCUT2D eigenvalue weighted by Crippen LogP contribution is -2.21. The molecule has 0 spiro atoms. The lowest BCUT2D eigenvalue weighted by molar-refractivity contribution is -0.137. The summed E-state index contributed by atoms with van der Waals surface area (Å²) < 4.78 is 52.8. The molecule has 1 aliphatic heterocycles. The molecule has 1 saturated carbocycles. The first-order valence-electron chi connectivity index (χ1n) is 13.0. The summed E-state index contributed by atoms with van der Waals surface area (Å²) in [6, 6.07) is 6.61. The van der Waals surface area contributed by atoms with E-state index < -0.39 is 17.6 Å². The average Bonchev–Trinajstić information content (AvgIpc) is 3.60. The smallest absolute Gasteiger partial charge is 0.417 e. The van der Waals surface area contributed by atoms with E-state index >= 15 is 0 Å². The highest BCUT2D eigenvalue weighted by molar-refractivity contribution is 6.01. The van der Waals surface area contributed by atoms with Crippen LogP contribution >= 0.6 is 0 Å². The second kappa shape index (κ2) is 11.5. The Morgan fingerprint density at radius 1 is 1.05 bits per heavy atom. The standard InChI is InChI=1S/C27H30F3N5O3/c28-27(29,30)22-6-5-20(38-16-18-8-11-37-12-9-18)15-21(22)19-7-10-31-23(14-19)33-26(36)25-32-24(34-35-25)13-17-3-1-2-4-17/h5-7,10,14-15,17-18H,1-4,8-9,11-13,16H2,(H,31,33,36)(H,32,34,35). The van der Waals surface area contributed by atoms with Gasteiger partial charge in [-0.2, -0.15) is 13.2 Å². The summed E-state index contributed by atoms with van der Waals surface area (Å²) in [5.41, 5.74) is -0.608. The monoisotopic (exact) mass is 529 g/mol. The third kappa shape index (κ3) is 6.50. The zero-order valence-electron chi connectivity index (χ0n) is 20.9. The molecule has 1 amide bonds. The maximum absolute atomic E-state index is 13.9. The minimum Gasteiger partial charge on any atom is -0.493 e. The number of rotatable bonds is 8. The molecule has 2 aliphatic rings. The van der Waals surface area contributed by atoms with Gasteiger partial charge in [-0.15, -0.1) is 10.2 Å². The fourth-order valence-electron chi connectivity index (χ4n) is 5.05. The second-order valence-corrected chi connectivity index (χ2v) is 9.93. The van der Waals surface area contributed by atoms with E-state index in [1.54, 1.807) is 0 Å². The number of ether oxygens (including phenoxy) is 2. The molecule has 0 atom stereocenters. The van der Waals surface area contributed by atoms with Gasteiger partial charge in [-0.25, -0.2) is 4.98 Å². The third-order valence-electron chi connectivity index (χ3n) is 7.14. The van der Waals surface area contributed by atoms with Crippen molar-refractivity contribution in [2.24, 2.45) is 11.8 Å². The zero-order valence-corrected chi connectivity index (χ0v) is 20.9. The van der Waals surface area contributed by atoms with Crippen molar-refractivity contribution in [2.45, 2.75) is 51.1 Å². The van der Waals surface area contributed by atoms with E-state index in [2.05, 4.69) is 25.5 Å². The molecule has 3 aromatic rings. The van der Waals surface area contributed by atoms with Crippen LogP contribution in [0.5, 0.6) is 5.75 Å². The van der Waals surface area contributed by atoms with Gasteiger partial charge in [0.25, 0.3) is 5.91 Å². The molecule has 2 aromatic heterocycles. The predicted molar refractivity (Wildman–Crippen MR) is 134 cm³/mol. The number of anilines is 1. The van der Waals surface area contributed by atoms with Crippen LogP contribution in [0.1, 0.15) is 60.5 Å². The summed E-state index contributed by atoms with van der Waals surface area (Å²) in [5, 5.41) is 10.6. The quantitative estimate of drug-likeness (QED) is 0.390. The van der Waals surface area contributed by atoms with Crippen molar-refractivity contribution in [2.75, 3.05) is 25.1 Å². The molecular formula is C27H30F3N5O3. The predicted octanol–water partition coefficient (Wildman–Crippen LogP) is 5.68. The molecule has 11 heteroatoms. The number of nitrogens with one attached hydrogen (secondary N) is 2. The van der Waals surface area contributed by atoms with E-state index in [1.165, 1.54) is 43.3 Å². The first-order chi connectivity index (χ1) is 18.3. The summed E-state index contributed by atoms with van der Waals surface area (Å²) >= 11 is 0. The number of benzene rings is 1. The van der Waals surface area contributed by atoms with E-state index in [-0.39, 0.29) is 22.8 Å². The number of carbonyl (C=O) groups excluding carboxylic acids is 1. The summed E-state index contributed by atoms with van der Waals surface area (Å²) in [5.74, 6) is 1.40. The Balaban J connectivity index is 1.32. The Bertz CT molecular complexity index is 1250. The van der Waals surface area contributed by atoms with Gasteiger partial charge < -0.3 is 19.8 Å². The molecule has 2 N–H and O–H groups in total. The summed E-state index contributed by atoms with van der Waals surface area (Å²) in [6.45, 7) is 1.73. The maximum atomic E-state index is 13.9. The minimum absolute atomic E-state index is 0.0321. The van der Waals surface area contributed by atoms with E-state index in [4.69, 9.17) is 9.47 Å². The Kier molecular flexibility index (Phi) is 7.92. The first kappa shape index (κ1) is 26.1. The molecule has 202 valence electrons. The number of halogens is 3. The van der Waals surface area contributed by atoms with Gasteiger partial charge in [0.1, 0.15) is 17.4 Å². The highest BCUT2D eigenvalue weighted by Crippen LogP contribution is 2.39. The molecule has 0 unspecified atom stereocenters. The molecule has 3 heterocycles. The third-order valence-corrected chi connectivity index (χ3v) is 7.14. The van der Waals surface area contributed by atoms with Crippen molar-refractivity contribution in [3.63, 3.8) is 0 Å². The molecule has 1 aromatic carbocycles. The van der Waals surface area contributed by atoms with E-state index in [0.717, 1.165) is 38.2 Å². The molecule has 2 fully saturated rings. The van der Waals surface area contributed by atoms with Gasteiger partial charge in [0.15, 0.2) is 0 Å². The van der Waals surface area contributed by atoms with Gasteiger partial charge in [-0.05, 0) is 66.1 Å². The number of H-pyrrole nitrogens is 1. The van der Waals surface area contributed by atoms with Gasteiger partial charge in [0.2, 0.25) is 5.82 Å². The van der Waals surface area contributed by atoms with Crippen LogP contribution in [0.15, 0.2) is 36.5 Å². The molecule has 5 rings (SSSR count). The van der Waals surface area contributed by atoms with Crippen molar-refractivity contribution in [3.8, 4) is 16.9 Å². The van der Waals surface area contributed by atoms with Crippen LogP contribution in [0.3, 0.4) is 0 Å². The highest BCUT2D eigenvalue weighted by atomic mass is 19.4. The number of amides is 1. The molecule has 8 nitrogen and oxygen atoms in total. The van der Waals surface area contributed by atoms with Crippen molar-refractivity contribution in [1.82, 2.24) is 20.2 Å². The number of aromatic amines is 1. The number of nitrogens with zero attached hydrogens (tertiary/aromatic N) is 3. The summed E-state index contributed by atoms with van der Waals surface area (Å²) in [4.78, 5) is 19.8. The lowest BCUT2D eigenvalue weighted by Gasteiger charge is -2.22. The Morgan fingerprint density at radius 3 is 2.61 bits per heavy atom. The average molecular weight is 530 g/mol. The van der Waals surface area contributed by atoms with Gasteiger partial charge >= 0.3 is 6.18 Å². The largest absolute Gasteiger partial charge is 0.493 e.